The second-order valence-electron chi connectivity index (χ2n) is 4.81. The summed E-state index contributed by atoms with van der Waals surface area (Å²) in [6.07, 6.45) is 6.36. The fraction of sp³-hybridized carbons (Fsp3) is 0.417. The summed E-state index contributed by atoms with van der Waals surface area (Å²) in [7, 11) is 0. The van der Waals surface area contributed by atoms with Crippen molar-refractivity contribution < 1.29 is 5.21 Å². The van der Waals surface area contributed by atoms with E-state index in [0.717, 1.165) is 22.9 Å². The van der Waals surface area contributed by atoms with Gasteiger partial charge in [0.2, 0.25) is 5.16 Å². The zero-order chi connectivity index (χ0) is 14.7. The fourth-order valence-electron chi connectivity index (χ4n) is 2.38. The number of nitrogens with zero attached hydrogens (tertiary/aromatic N) is 6. The van der Waals surface area contributed by atoms with E-state index in [9.17, 15) is 0 Å². The molecule has 0 radical (unpaired) electrons. The largest absolute Gasteiger partial charge is 0.409 e. The Morgan fingerprint density at radius 2 is 2.19 bits per heavy atom. The predicted molar refractivity (Wildman–Crippen MR) is 76.2 cm³/mol. The number of tetrazole rings is 1. The Bertz CT molecular complexity index is 633. The molecule has 1 saturated carbocycles. The Morgan fingerprint density at radius 1 is 1.38 bits per heavy atom. The van der Waals surface area contributed by atoms with Gasteiger partial charge in [-0.05, 0) is 47.2 Å². The summed E-state index contributed by atoms with van der Waals surface area (Å²) < 4.78 is 1.90. The molecule has 1 aliphatic rings. The van der Waals surface area contributed by atoms with E-state index in [4.69, 9.17) is 10.9 Å². The highest BCUT2D eigenvalue weighted by atomic mass is 32.2. The van der Waals surface area contributed by atoms with Gasteiger partial charge in [0.1, 0.15) is 5.69 Å². The van der Waals surface area contributed by atoms with E-state index in [0.29, 0.717) is 11.7 Å². The van der Waals surface area contributed by atoms with Gasteiger partial charge in [-0.2, -0.15) is 0 Å². The minimum Gasteiger partial charge on any atom is -0.409 e. The summed E-state index contributed by atoms with van der Waals surface area (Å²) in [6.45, 7) is 0. The van der Waals surface area contributed by atoms with Gasteiger partial charge >= 0.3 is 0 Å². The standard InChI is InChI=1S/C12H15N7OS/c13-11(16-20)10-6-5-9(7-14-10)21-12-15-17-18-19(12)8-3-1-2-4-8/h5-8,20H,1-4H2,(H2,13,16). The molecular formula is C12H15N7OS. The van der Waals surface area contributed by atoms with E-state index in [1.54, 1.807) is 12.3 Å². The quantitative estimate of drug-likeness (QED) is 0.380. The Balaban J connectivity index is 1.76. The van der Waals surface area contributed by atoms with Crippen molar-refractivity contribution in [1.82, 2.24) is 25.2 Å². The molecule has 0 aliphatic heterocycles. The smallest absolute Gasteiger partial charge is 0.214 e. The summed E-state index contributed by atoms with van der Waals surface area (Å²) in [4.78, 5) is 5.04. The van der Waals surface area contributed by atoms with Crippen LogP contribution in [-0.2, 0) is 0 Å². The molecule has 2 aromatic heterocycles. The molecule has 2 aromatic rings. The van der Waals surface area contributed by atoms with Crippen molar-refractivity contribution in [1.29, 1.82) is 0 Å². The van der Waals surface area contributed by atoms with Gasteiger partial charge in [-0.1, -0.05) is 18.0 Å². The third kappa shape index (κ3) is 2.97. The Morgan fingerprint density at radius 3 is 2.86 bits per heavy atom. The minimum atomic E-state index is -0.0117. The molecule has 8 nitrogen and oxygen atoms in total. The molecule has 0 spiro atoms. The van der Waals surface area contributed by atoms with Crippen molar-refractivity contribution in [2.75, 3.05) is 0 Å². The van der Waals surface area contributed by atoms with E-state index in [2.05, 4.69) is 25.7 Å². The third-order valence-electron chi connectivity index (χ3n) is 3.45. The van der Waals surface area contributed by atoms with Crippen LogP contribution in [0.1, 0.15) is 37.4 Å². The van der Waals surface area contributed by atoms with Crippen LogP contribution in [0, 0.1) is 0 Å². The van der Waals surface area contributed by atoms with Gasteiger partial charge in [0.05, 0.1) is 6.04 Å². The lowest BCUT2D eigenvalue weighted by Gasteiger charge is -2.10. The molecule has 2 heterocycles. The zero-order valence-electron chi connectivity index (χ0n) is 11.3. The van der Waals surface area contributed by atoms with Crippen LogP contribution in [0.5, 0.6) is 0 Å². The molecule has 0 atom stereocenters. The van der Waals surface area contributed by atoms with Crippen LogP contribution in [0.25, 0.3) is 0 Å². The normalized spacial score (nSPS) is 16.5. The SMILES string of the molecule is N/C(=N/O)c1ccc(Sc2nnnn2C2CCCC2)cn1. The Labute approximate surface area is 125 Å². The molecule has 1 aliphatic carbocycles. The van der Waals surface area contributed by atoms with Crippen molar-refractivity contribution in [2.24, 2.45) is 10.9 Å². The van der Waals surface area contributed by atoms with Crippen LogP contribution in [-0.4, -0.2) is 36.2 Å². The van der Waals surface area contributed by atoms with Gasteiger partial charge in [0, 0.05) is 11.1 Å². The number of oxime groups is 1. The predicted octanol–water partition coefficient (Wildman–Crippen LogP) is 1.43. The number of pyridine rings is 1. The number of amidine groups is 1. The molecule has 3 N–H and O–H groups in total. The van der Waals surface area contributed by atoms with E-state index < -0.39 is 0 Å². The van der Waals surface area contributed by atoms with Crippen molar-refractivity contribution in [3.8, 4) is 0 Å². The summed E-state index contributed by atoms with van der Waals surface area (Å²) >= 11 is 1.46. The number of hydrogen-bond acceptors (Lipinski definition) is 7. The Hall–Kier alpha value is -2.16. The van der Waals surface area contributed by atoms with Gasteiger partial charge in [-0.15, -0.1) is 5.10 Å². The molecule has 0 bridgehead atoms. The van der Waals surface area contributed by atoms with Gasteiger partial charge < -0.3 is 10.9 Å². The molecule has 0 aromatic carbocycles. The van der Waals surface area contributed by atoms with Crippen LogP contribution in [0.15, 0.2) is 33.5 Å². The maximum absolute atomic E-state index is 8.61. The molecule has 9 heteroatoms. The highest BCUT2D eigenvalue weighted by Gasteiger charge is 2.21. The second-order valence-corrected chi connectivity index (χ2v) is 5.85. The summed E-state index contributed by atoms with van der Waals surface area (Å²) in [5.41, 5.74) is 5.91. The maximum atomic E-state index is 8.61. The zero-order valence-corrected chi connectivity index (χ0v) is 12.1. The first-order valence-electron chi connectivity index (χ1n) is 6.67. The van der Waals surface area contributed by atoms with E-state index in [1.807, 2.05) is 10.7 Å². The van der Waals surface area contributed by atoms with E-state index >= 15 is 0 Å². The van der Waals surface area contributed by atoms with Crippen LogP contribution < -0.4 is 5.73 Å². The first-order valence-corrected chi connectivity index (χ1v) is 7.49. The molecule has 0 unspecified atom stereocenters. The molecule has 110 valence electrons. The topological polar surface area (TPSA) is 115 Å². The number of nitrogens with two attached hydrogens (primary N) is 1. The highest BCUT2D eigenvalue weighted by Crippen LogP contribution is 2.33. The first kappa shape index (κ1) is 13.8. The number of rotatable bonds is 4. The summed E-state index contributed by atoms with van der Waals surface area (Å²) in [5.74, 6) is -0.0117. The number of hydrogen-bond donors (Lipinski definition) is 2. The monoisotopic (exact) mass is 305 g/mol. The van der Waals surface area contributed by atoms with Crippen LogP contribution in [0.3, 0.4) is 0 Å². The van der Waals surface area contributed by atoms with Gasteiger partial charge in [0.25, 0.3) is 0 Å². The summed E-state index contributed by atoms with van der Waals surface area (Å²) in [5, 5.41) is 24.2. The van der Waals surface area contributed by atoms with Gasteiger partial charge in [-0.3, -0.25) is 4.98 Å². The van der Waals surface area contributed by atoms with E-state index in [-0.39, 0.29) is 5.84 Å². The average Bonchev–Trinajstić information content (AvgIpc) is 3.18. The van der Waals surface area contributed by atoms with Crippen LogP contribution in [0.2, 0.25) is 0 Å². The lowest BCUT2D eigenvalue weighted by atomic mass is 10.3. The first-order chi connectivity index (χ1) is 10.3. The molecule has 0 amide bonds. The van der Waals surface area contributed by atoms with Crippen molar-refractivity contribution in [3.63, 3.8) is 0 Å². The average molecular weight is 305 g/mol. The second kappa shape index (κ2) is 6.08. The third-order valence-corrected chi connectivity index (χ3v) is 4.38. The summed E-state index contributed by atoms with van der Waals surface area (Å²) in [6, 6.07) is 3.94. The molecule has 0 saturated heterocycles. The number of aromatic nitrogens is 5. The fourth-order valence-corrected chi connectivity index (χ4v) is 3.19. The lowest BCUT2D eigenvalue weighted by Crippen LogP contribution is -2.14. The molecule has 3 rings (SSSR count). The van der Waals surface area contributed by atoms with E-state index in [1.165, 1.54) is 24.6 Å². The van der Waals surface area contributed by atoms with Gasteiger partial charge in [0.15, 0.2) is 5.84 Å². The Kier molecular flexibility index (Phi) is 4.00. The van der Waals surface area contributed by atoms with Crippen molar-refractivity contribution in [3.05, 3.63) is 24.0 Å². The van der Waals surface area contributed by atoms with Crippen molar-refractivity contribution >= 4 is 17.6 Å². The molecule has 1 fully saturated rings. The van der Waals surface area contributed by atoms with Crippen molar-refractivity contribution in [2.45, 2.75) is 41.8 Å². The lowest BCUT2D eigenvalue weighted by molar-refractivity contribution is 0.318. The highest BCUT2D eigenvalue weighted by molar-refractivity contribution is 7.99. The molecule has 21 heavy (non-hydrogen) atoms. The van der Waals surface area contributed by atoms with Gasteiger partial charge in [-0.25, -0.2) is 4.68 Å². The minimum absolute atomic E-state index is 0.0117. The van der Waals surface area contributed by atoms with Crippen LogP contribution >= 0.6 is 11.8 Å². The molecular weight excluding hydrogens is 290 g/mol. The van der Waals surface area contributed by atoms with Crippen LogP contribution in [0.4, 0.5) is 0 Å². The maximum Gasteiger partial charge on any atom is 0.214 e.